The van der Waals surface area contributed by atoms with E-state index in [1.54, 1.807) is 27.8 Å². The van der Waals surface area contributed by atoms with Crippen LogP contribution in [0.5, 0.6) is 0 Å². The molecule has 3 amide bonds. The number of hydrogen-bond donors (Lipinski definition) is 2. The second-order valence-electron chi connectivity index (χ2n) is 6.88. The maximum absolute atomic E-state index is 12.7. The van der Waals surface area contributed by atoms with E-state index in [0.29, 0.717) is 6.54 Å². The molecular formula is C18H27N3O4. The fourth-order valence-corrected chi connectivity index (χ4v) is 2.20. The predicted molar refractivity (Wildman–Crippen MR) is 94.5 cm³/mol. The Morgan fingerprint density at radius 2 is 1.80 bits per heavy atom. The van der Waals surface area contributed by atoms with Gasteiger partial charge >= 0.3 is 6.09 Å². The van der Waals surface area contributed by atoms with Crippen LogP contribution in [0, 0.1) is 0 Å². The quantitative estimate of drug-likeness (QED) is 0.783. The Morgan fingerprint density at radius 1 is 1.20 bits per heavy atom. The van der Waals surface area contributed by atoms with Gasteiger partial charge in [0.25, 0.3) is 0 Å². The molecule has 0 saturated heterocycles. The number of hydrogen-bond acceptors (Lipinski definition) is 4. The third kappa shape index (κ3) is 8.19. The van der Waals surface area contributed by atoms with Gasteiger partial charge in [0.15, 0.2) is 0 Å². The number of amides is 3. The van der Waals surface area contributed by atoms with Crippen LogP contribution in [-0.4, -0.2) is 41.5 Å². The summed E-state index contributed by atoms with van der Waals surface area (Å²) < 4.78 is 5.19. The fraction of sp³-hybridized carbons (Fsp3) is 0.500. The highest BCUT2D eigenvalue weighted by atomic mass is 16.6. The van der Waals surface area contributed by atoms with E-state index in [4.69, 9.17) is 10.5 Å². The van der Waals surface area contributed by atoms with Crippen molar-refractivity contribution < 1.29 is 19.1 Å². The first kappa shape index (κ1) is 20.5. The maximum Gasteiger partial charge on any atom is 0.408 e. The van der Waals surface area contributed by atoms with Gasteiger partial charge in [-0.2, -0.15) is 0 Å². The summed E-state index contributed by atoms with van der Waals surface area (Å²) in [6.07, 6.45) is -0.596. The van der Waals surface area contributed by atoms with Gasteiger partial charge in [0.05, 0.1) is 0 Å². The highest BCUT2D eigenvalue weighted by Crippen LogP contribution is 2.10. The molecule has 1 atom stereocenters. The van der Waals surface area contributed by atoms with Crippen LogP contribution in [-0.2, 0) is 20.9 Å². The van der Waals surface area contributed by atoms with Crippen LogP contribution in [0.2, 0.25) is 0 Å². The number of carbonyl (C=O) groups excluding carboxylic acids is 3. The van der Waals surface area contributed by atoms with Crippen molar-refractivity contribution in [2.24, 2.45) is 5.73 Å². The highest BCUT2D eigenvalue weighted by Gasteiger charge is 2.27. The van der Waals surface area contributed by atoms with E-state index in [9.17, 15) is 14.4 Å². The predicted octanol–water partition coefficient (Wildman–Crippen LogP) is 1.80. The summed E-state index contributed by atoms with van der Waals surface area (Å²) in [7, 11) is 1.64. The van der Waals surface area contributed by atoms with Gasteiger partial charge in [-0.15, -0.1) is 0 Å². The molecule has 0 aliphatic heterocycles. The lowest BCUT2D eigenvalue weighted by Crippen LogP contribution is -2.48. The SMILES string of the molecule is CN(Cc1ccccc1)C(=O)[C@H](CCC(N)=O)NC(=O)OC(C)(C)C. The lowest BCUT2D eigenvalue weighted by Gasteiger charge is -2.26. The van der Waals surface area contributed by atoms with Gasteiger partial charge in [-0.3, -0.25) is 9.59 Å². The first-order valence-electron chi connectivity index (χ1n) is 8.15. The largest absolute Gasteiger partial charge is 0.444 e. The number of nitrogens with one attached hydrogen (secondary N) is 1. The number of nitrogens with two attached hydrogens (primary N) is 1. The van der Waals surface area contributed by atoms with E-state index in [2.05, 4.69) is 5.32 Å². The summed E-state index contributed by atoms with van der Waals surface area (Å²) in [4.78, 5) is 37.2. The Morgan fingerprint density at radius 3 is 2.32 bits per heavy atom. The second kappa shape index (κ2) is 9.05. The molecule has 0 radical (unpaired) electrons. The van der Waals surface area contributed by atoms with Crippen LogP contribution < -0.4 is 11.1 Å². The molecule has 0 bridgehead atoms. The molecular weight excluding hydrogens is 322 g/mol. The topological polar surface area (TPSA) is 102 Å². The number of benzene rings is 1. The molecule has 1 rings (SSSR count). The molecule has 0 aliphatic rings. The monoisotopic (exact) mass is 349 g/mol. The standard InChI is InChI=1S/C18H27N3O4/c1-18(2,3)25-17(24)20-14(10-11-15(19)22)16(23)21(4)12-13-8-6-5-7-9-13/h5-9,14H,10-12H2,1-4H3,(H2,19,22)(H,20,24)/t14-/m0/s1. The Balaban J connectivity index is 2.77. The average Bonchev–Trinajstić information content (AvgIpc) is 2.49. The van der Waals surface area contributed by atoms with E-state index < -0.39 is 23.6 Å². The fourth-order valence-electron chi connectivity index (χ4n) is 2.20. The van der Waals surface area contributed by atoms with Gasteiger partial charge in [0, 0.05) is 20.0 Å². The van der Waals surface area contributed by atoms with Crippen LogP contribution in [0.4, 0.5) is 4.79 Å². The zero-order valence-electron chi connectivity index (χ0n) is 15.2. The number of nitrogens with zero attached hydrogens (tertiary/aromatic N) is 1. The molecule has 3 N–H and O–H groups in total. The minimum Gasteiger partial charge on any atom is -0.444 e. The first-order chi connectivity index (χ1) is 11.6. The Bertz CT molecular complexity index is 596. The van der Waals surface area contributed by atoms with Crippen LogP contribution in [0.1, 0.15) is 39.2 Å². The number of rotatable bonds is 7. The van der Waals surface area contributed by atoms with Crippen molar-refractivity contribution in [1.82, 2.24) is 10.2 Å². The van der Waals surface area contributed by atoms with E-state index in [-0.39, 0.29) is 18.7 Å². The van der Waals surface area contributed by atoms with E-state index in [1.807, 2.05) is 30.3 Å². The summed E-state index contributed by atoms with van der Waals surface area (Å²) in [6, 6.07) is 8.60. The number of primary amides is 1. The molecule has 7 heteroatoms. The highest BCUT2D eigenvalue weighted by molar-refractivity contribution is 5.86. The summed E-state index contributed by atoms with van der Waals surface area (Å²) in [6.45, 7) is 5.58. The van der Waals surface area contributed by atoms with Crippen molar-refractivity contribution >= 4 is 17.9 Å². The Kier molecular flexibility index (Phi) is 7.42. The molecule has 0 fully saturated rings. The zero-order chi connectivity index (χ0) is 19.0. The van der Waals surface area contributed by atoms with Crippen molar-refractivity contribution in [2.75, 3.05) is 7.05 Å². The van der Waals surface area contributed by atoms with Gasteiger partial charge in [-0.05, 0) is 32.8 Å². The van der Waals surface area contributed by atoms with Crippen LogP contribution >= 0.6 is 0 Å². The van der Waals surface area contributed by atoms with E-state index in [1.165, 1.54) is 4.90 Å². The summed E-state index contributed by atoms with van der Waals surface area (Å²) in [5.41, 5.74) is 5.44. The van der Waals surface area contributed by atoms with Gasteiger partial charge in [-0.25, -0.2) is 4.79 Å². The number of ether oxygens (including phenoxy) is 1. The van der Waals surface area contributed by atoms with Crippen LogP contribution in [0.25, 0.3) is 0 Å². The molecule has 0 unspecified atom stereocenters. The van der Waals surface area contributed by atoms with E-state index >= 15 is 0 Å². The van der Waals surface area contributed by atoms with Crippen molar-refractivity contribution in [3.63, 3.8) is 0 Å². The van der Waals surface area contributed by atoms with Gasteiger partial charge < -0.3 is 20.7 Å². The van der Waals surface area contributed by atoms with Crippen molar-refractivity contribution in [3.8, 4) is 0 Å². The minimum atomic E-state index is -0.879. The number of alkyl carbamates (subject to hydrolysis) is 1. The van der Waals surface area contributed by atoms with Gasteiger partial charge in [0.1, 0.15) is 11.6 Å². The second-order valence-corrected chi connectivity index (χ2v) is 6.88. The zero-order valence-corrected chi connectivity index (χ0v) is 15.2. The molecule has 0 aromatic heterocycles. The van der Waals surface area contributed by atoms with Crippen molar-refractivity contribution in [3.05, 3.63) is 35.9 Å². The summed E-state index contributed by atoms with van der Waals surface area (Å²) in [5.74, 6) is -0.842. The Labute approximate surface area is 148 Å². The lowest BCUT2D eigenvalue weighted by atomic mass is 10.1. The maximum atomic E-state index is 12.7. The molecule has 25 heavy (non-hydrogen) atoms. The van der Waals surface area contributed by atoms with Crippen molar-refractivity contribution in [1.29, 1.82) is 0 Å². The third-order valence-electron chi connectivity index (χ3n) is 3.31. The smallest absolute Gasteiger partial charge is 0.408 e. The summed E-state index contributed by atoms with van der Waals surface area (Å²) in [5, 5.41) is 2.54. The number of carbonyl (C=O) groups is 3. The van der Waals surface area contributed by atoms with Crippen LogP contribution in [0.15, 0.2) is 30.3 Å². The summed E-state index contributed by atoms with van der Waals surface area (Å²) >= 11 is 0. The first-order valence-corrected chi connectivity index (χ1v) is 8.15. The molecule has 0 aliphatic carbocycles. The van der Waals surface area contributed by atoms with Gasteiger partial charge in [-0.1, -0.05) is 30.3 Å². The third-order valence-corrected chi connectivity index (χ3v) is 3.31. The average molecular weight is 349 g/mol. The lowest BCUT2D eigenvalue weighted by molar-refractivity contribution is -0.133. The molecule has 0 spiro atoms. The normalized spacial score (nSPS) is 12.2. The molecule has 1 aromatic carbocycles. The van der Waals surface area contributed by atoms with Crippen LogP contribution in [0.3, 0.4) is 0 Å². The molecule has 0 heterocycles. The molecule has 138 valence electrons. The molecule has 7 nitrogen and oxygen atoms in total. The minimum absolute atomic E-state index is 0.00855. The molecule has 0 saturated carbocycles. The molecule has 1 aromatic rings. The Hall–Kier alpha value is -2.57. The number of likely N-dealkylation sites (N-methyl/N-ethyl adjacent to an activating group) is 1. The van der Waals surface area contributed by atoms with E-state index in [0.717, 1.165) is 5.56 Å². The van der Waals surface area contributed by atoms with Gasteiger partial charge in [0.2, 0.25) is 11.8 Å². The van der Waals surface area contributed by atoms with Crippen molar-refractivity contribution in [2.45, 2.75) is 51.8 Å².